The minimum absolute atomic E-state index is 0.722. The Bertz CT molecular complexity index is 736. The molecule has 0 aliphatic rings. The molecule has 0 unspecified atom stereocenters. The first kappa shape index (κ1) is 12.9. The Kier molecular flexibility index (Phi) is 3.28. The molecule has 1 aromatic carbocycles. The normalized spacial score (nSPS) is 10.9. The third-order valence-electron chi connectivity index (χ3n) is 3.18. The lowest BCUT2D eigenvalue weighted by atomic mass is 10.2. The summed E-state index contributed by atoms with van der Waals surface area (Å²) >= 11 is 1.67. The van der Waals surface area contributed by atoms with Crippen LogP contribution in [-0.4, -0.2) is 17.0 Å². The molecule has 0 aliphatic carbocycles. The SMILES string of the molecule is Cc1nc2cc(N(C)Cc3ccccn3)c(N)cc2s1. The van der Waals surface area contributed by atoms with Gasteiger partial charge in [0.2, 0.25) is 0 Å². The molecule has 2 aromatic heterocycles. The molecule has 4 nitrogen and oxygen atoms in total. The number of anilines is 2. The Morgan fingerprint density at radius 1 is 1.30 bits per heavy atom. The maximum absolute atomic E-state index is 6.17. The molecular formula is C15H16N4S. The molecule has 102 valence electrons. The Labute approximate surface area is 121 Å². The molecule has 0 amide bonds. The molecule has 0 fully saturated rings. The van der Waals surface area contributed by atoms with E-state index in [-0.39, 0.29) is 0 Å². The number of hydrogen-bond acceptors (Lipinski definition) is 5. The van der Waals surface area contributed by atoms with E-state index in [1.807, 2.05) is 38.2 Å². The Hall–Kier alpha value is -2.14. The lowest BCUT2D eigenvalue weighted by Gasteiger charge is -2.20. The first-order valence-electron chi connectivity index (χ1n) is 6.41. The first-order valence-corrected chi connectivity index (χ1v) is 7.23. The second kappa shape index (κ2) is 5.09. The molecule has 2 heterocycles. The maximum atomic E-state index is 6.17. The van der Waals surface area contributed by atoms with Gasteiger partial charge in [-0.1, -0.05) is 6.07 Å². The van der Waals surface area contributed by atoms with E-state index < -0.39 is 0 Å². The van der Waals surface area contributed by atoms with Gasteiger partial charge in [-0.25, -0.2) is 4.98 Å². The number of nitrogens with zero attached hydrogens (tertiary/aromatic N) is 3. The van der Waals surface area contributed by atoms with Crippen LogP contribution in [-0.2, 0) is 6.54 Å². The number of fused-ring (bicyclic) bond motifs is 1. The van der Waals surface area contributed by atoms with Gasteiger partial charge < -0.3 is 10.6 Å². The number of aromatic nitrogens is 2. The second-order valence-electron chi connectivity index (χ2n) is 4.79. The van der Waals surface area contributed by atoms with Gasteiger partial charge in [-0.15, -0.1) is 11.3 Å². The summed E-state index contributed by atoms with van der Waals surface area (Å²) in [5, 5.41) is 1.06. The number of aryl methyl sites for hydroxylation is 1. The van der Waals surface area contributed by atoms with Crippen LogP contribution in [0.3, 0.4) is 0 Å². The summed E-state index contributed by atoms with van der Waals surface area (Å²) in [5.74, 6) is 0. The summed E-state index contributed by atoms with van der Waals surface area (Å²) < 4.78 is 1.13. The van der Waals surface area contributed by atoms with Gasteiger partial charge >= 0.3 is 0 Å². The second-order valence-corrected chi connectivity index (χ2v) is 6.02. The zero-order valence-electron chi connectivity index (χ0n) is 11.5. The van der Waals surface area contributed by atoms with Crippen LogP contribution in [0.15, 0.2) is 36.5 Å². The molecule has 0 radical (unpaired) electrons. The van der Waals surface area contributed by atoms with Crippen LogP contribution in [0.5, 0.6) is 0 Å². The highest BCUT2D eigenvalue weighted by molar-refractivity contribution is 7.18. The summed E-state index contributed by atoms with van der Waals surface area (Å²) in [4.78, 5) is 11.0. The number of nitrogens with two attached hydrogens (primary N) is 1. The van der Waals surface area contributed by atoms with Crippen LogP contribution >= 0.6 is 11.3 Å². The van der Waals surface area contributed by atoms with E-state index in [1.54, 1.807) is 17.5 Å². The van der Waals surface area contributed by atoms with Crippen molar-refractivity contribution in [1.82, 2.24) is 9.97 Å². The number of benzene rings is 1. The highest BCUT2D eigenvalue weighted by Gasteiger charge is 2.10. The largest absolute Gasteiger partial charge is 0.397 e. The van der Waals surface area contributed by atoms with Gasteiger partial charge in [0.25, 0.3) is 0 Å². The Morgan fingerprint density at radius 2 is 2.15 bits per heavy atom. The number of hydrogen-bond donors (Lipinski definition) is 1. The van der Waals surface area contributed by atoms with E-state index in [1.165, 1.54) is 0 Å². The van der Waals surface area contributed by atoms with E-state index >= 15 is 0 Å². The molecule has 0 bridgehead atoms. The van der Waals surface area contributed by atoms with Crippen LogP contribution in [0.2, 0.25) is 0 Å². The topological polar surface area (TPSA) is 55.0 Å². The van der Waals surface area contributed by atoms with E-state index in [2.05, 4.69) is 20.9 Å². The molecule has 2 N–H and O–H groups in total. The fourth-order valence-corrected chi connectivity index (χ4v) is 3.10. The monoisotopic (exact) mass is 284 g/mol. The van der Waals surface area contributed by atoms with E-state index in [9.17, 15) is 0 Å². The number of pyridine rings is 1. The van der Waals surface area contributed by atoms with Crippen LogP contribution < -0.4 is 10.6 Å². The lowest BCUT2D eigenvalue weighted by Crippen LogP contribution is -2.18. The van der Waals surface area contributed by atoms with Crippen molar-refractivity contribution >= 4 is 32.9 Å². The van der Waals surface area contributed by atoms with Crippen molar-refractivity contribution in [3.8, 4) is 0 Å². The third kappa shape index (κ3) is 2.44. The van der Waals surface area contributed by atoms with Gasteiger partial charge in [0.1, 0.15) is 0 Å². The minimum atomic E-state index is 0.722. The van der Waals surface area contributed by atoms with Gasteiger partial charge in [-0.3, -0.25) is 4.98 Å². The van der Waals surface area contributed by atoms with Crippen molar-refractivity contribution < 1.29 is 0 Å². The minimum Gasteiger partial charge on any atom is -0.397 e. The van der Waals surface area contributed by atoms with Gasteiger partial charge in [0.05, 0.1) is 38.8 Å². The molecule has 0 saturated carbocycles. The average molecular weight is 284 g/mol. The predicted octanol–water partition coefficient (Wildman–Crippen LogP) is 3.22. The Morgan fingerprint density at radius 3 is 2.90 bits per heavy atom. The van der Waals surface area contributed by atoms with Crippen molar-refractivity contribution in [2.24, 2.45) is 0 Å². The third-order valence-corrected chi connectivity index (χ3v) is 4.11. The summed E-state index contributed by atoms with van der Waals surface area (Å²) in [6.45, 7) is 2.73. The molecular weight excluding hydrogens is 268 g/mol. The fraction of sp³-hybridized carbons (Fsp3) is 0.200. The van der Waals surface area contributed by atoms with Gasteiger partial charge in [-0.05, 0) is 31.2 Å². The smallest absolute Gasteiger partial charge is 0.0907 e. The maximum Gasteiger partial charge on any atom is 0.0907 e. The van der Waals surface area contributed by atoms with Gasteiger partial charge in [-0.2, -0.15) is 0 Å². The molecule has 20 heavy (non-hydrogen) atoms. The number of rotatable bonds is 3. The summed E-state index contributed by atoms with van der Waals surface area (Å²) in [5.41, 5.74) is 9.96. The average Bonchev–Trinajstić information content (AvgIpc) is 2.78. The lowest BCUT2D eigenvalue weighted by molar-refractivity contribution is 0.887. The predicted molar refractivity (Wildman–Crippen MR) is 85.1 cm³/mol. The van der Waals surface area contributed by atoms with Crippen molar-refractivity contribution in [2.75, 3.05) is 17.7 Å². The number of nitrogen functional groups attached to an aromatic ring is 1. The number of thiazole rings is 1. The van der Waals surface area contributed by atoms with Crippen LogP contribution in [0, 0.1) is 6.92 Å². The van der Waals surface area contributed by atoms with Crippen LogP contribution in [0.1, 0.15) is 10.7 Å². The molecule has 3 rings (SSSR count). The highest BCUT2D eigenvalue weighted by Crippen LogP contribution is 2.31. The van der Waals surface area contributed by atoms with Crippen LogP contribution in [0.25, 0.3) is 10.2 Å². The molecule has 0 aliphatic heterocycles. The van der Waals surface area contributed by atoms with Crippen molar-refractivity contribution in [3.05, 3.63) is 47.2 Å². The first-order chi connectivity index (χ1) is 9.63. The summed E-state index contributed by atoms with van der Waals surface area (Å²) in [7, 11) is 2.02. The zero-order chi connectivity index (χ0) is 14.1. The quantitative estimate of drug-likeness (QED) is 0.750. The van der Waals surface area contributed by atoms with E-state index in [4.69, 9.17) is 5.73 Å². The molecule has 0 spiro atoms. The van der Waals surface area contributed by atoms with Gasteiger partial charge in [0, 0.05) is 13.2 Å². The zero-order valence-corrected chi connectivity index (χ0v) is 12.3. The molecule has 5 heteroatoms. The Balaban J connectivity index is 1.94. The molecule has 3 aromatic rings. The fourth-order valence-electron chi connectivity index (χ4n) is 2.24. The van der Waals surface area contributed by atoms with E-state index in [0.717, 1.165) is 38.8 Å². The highest BCUT2D eigenvalue weighted by atomic mass is 32.1. The van der Waals surface area contributed by atoms with Crippen molar-refractivity contribution in [2.45, 2.75) is 13.5 Å². The van der Waals surface area contributed by atoms with Gasteiger partial charge in [0.15, 0.2) is 0 Å². The van der Waals surface area contributed by atoms with E-state index in [0.29, 0.717) is 0 Å². The molecule has 0 atom stereocenters. The van der Waals surface area contributed by atoms with Crippen molar-refractivity contribution in [1.29, 1.82) is 0 Å². The van der Waals surface area contributed by atoms with Crippen molar-refractivity contribution in [3.63, 3.8) is 0 Å². The van der Waals surface area contributed by atoms with Crippen LogP contribution in [0.4, 0.5) is 11.4 Å². The molecule has 0 saturated heterocycles. The summed E-state index contributed by atoms with van der Waals surface area (Å²) in [6.07, 6.45) is 1.81. The summed E-state index contributed by atoms with van der Waals surface area (Å²) in [6, 6.07) is 9.98. The standard InChI is InChI=1S/C15H16N4S/c1-10-18-13-8-14(12(16)7-15(13)20-10)19(2)9-11-5-3-4-6-17-11/h3-8H,9,16H2,1-2H3.